The van der Waals surface area contributed by atoms with Gasteiger partial charge in [-0.3, -0.25) is 0 Å². The van der Waals surface area contributed by atoms with Crippen LogP contribution in [0, 0.1) is 0 Å². The largest absolute Gasteiger partial charge is 0.309 e. The van der Waals surface area contributed by atoms with Crippen molar-refractivity contribution < 1.29 is 0 Å². The lowest BCUT2D eigenvalue weighted by molar-refractivity contribution is 1.08. The zero-order valence-electron chi connectivity index (χ0n) is 26.9. The molecule has 0 aliphatic carbocycles. The maximum absolute atomic E-state index is 5.18. The van der Waals surface area contributed by atoms with Crippen LogP contribution in [-0.2, 0) is 0 Å². The summed E-state index contributed by atoms with van der Waals surface area (Å²) in [6.45, 7) is 0. The van der Waals surface area contributed by atoms with Gasteiger partial charge in [0.1, 0.15) is 0 Å². The molecule has 10 aromatic rings. The molecule has 0 spiro atoms. The molecule has 234 valence electrons. The Kier molecular flexibility index (Phi) is 6.64. The molecule has 3 heterocycles. The number of benzene rings is 7. The molecule has 0 atom stereocenters. The van der Waals surface area contributed by atoms with Gasteiger partial charge >= 0.3 is 0 Å². The Bertz CT molecular complexity index is 2820. The average molecular weight is 657 g/mol. The molecule has 4 nitrogen and oxygen atoms in total. The molecule has 0 saturated carbocycles. The highest BCUT2D eigenvalue weighted by Crippen LogP contribution is 2.42. The van der Waals surface area contributed by atoms with E-state index in [1.54, 1.807) is 0 Å². The maximum Gasteiger partial charge on any atom is 0.164 e. The standard InChI is InChI=1S/C45H28N4S/c1-3-13-29(14-4-1)31-17-11-18-32(27-31)44-46-43(30-15-5-2-6-16-30)47-45(48-44)37-21-12-24-40-42(37)36-26-25-33(28-41(36)50-40)49-38-22-9-7-19-34(38)35-20-8-10-23-39(35)49/h1-28H. The van der Waals surface area contributed by atoms with Crippen molar-refractivity contribution in [3.05, 3.63) is 170 Å². The SMILES string of the molecule is c1ccc(-c2cccc(-c3nc(-c4ccccc4)nc(-c4cccc5sc6cc(-n7c8ccccc8c8ccccc87)ccc6c45)n3)c2)cc1. The molecular weight excluding hydrogens is 629 g/mol. The molecule has 0 unspecified atom stereocenters. The molecule has 0 fully saturated rings. The smallest absolute Gasteiger partial charge is 0.164 e. The van der Waals surface area contributed by atoms with E-state index in [1.165, 1.54) is 36.6 Å². The van der Waals surface area contributed by atoms with Crippen LogP contribution in [0.1, 0.15) is 0 Å². The summed E-state index contributed by atoms with van der Waals surface area (Å²) < 4.78 is 4.80. The van der Waals surface area contributed by atoms with E-state index in [0.29, 0.717) is 17.5 Å². The van der Waals surface area contributed by atoms with Gasteiger partial charge in [-0.05, 0) is 47.5 Å². The third-order valence-corrected chi connectivity index (χ3v) is 10.6. The van der Waals surface area contributed by atoms with E-state index in [9.17, 15) is 0 Å². The van der Waals surface area contributed by atoms with Crippen molar-refractivity contribution in [3.8, 4) is 51.0 Å². The molecule has 0 saturated heterocycles. The van der Waals surface area contributed by atoms with Crippen LogP contribution < -0.4 is 0 Å². The lowest BCUT2D eigenvalue weighted by Crippen LogP contribution is -2.00. The lowest BCUT2D eigenvalue weighted by atomic mass is 10.0. The monoisotopic (exact) mass is 656 g/mol. The zero-order chi connectivity index (χ0) is 33.0. The number of hydrogen-bond acceptors (Lipinski definition) is 4. The first-order chi connectivity index (χ1) is 24.8. The lowest BCUT2D eigenvalue weighted by Gasteiger charge is -2.11. The molecule has 50 heavy (non-hydrogen) atoms. The summed E-state index contributed by atoms with van der Waals surface area (Å²) in [5.74, 6) is 1.97. The van der Waals surface area contributed by atoms with Crippen molar-refractivity contribution in [1.29, 1.82) is 0 Å². The van der Waals surface area contributed by atoms with Crippen molar-refractivity contribution in [1.82, 2.24) is 19.5 Å². The van der Waals surface area contributed by atoms with E-state index in [0.717, 1.165) is 38.9 Å². The number of hydrogen-bond donors (Lipinski definition) is 0. The number of rotatable bonds is 5. The highest BCUT2D eigenvalue weighted by Gasteiger charge is 2.18. The van der Waals surface area contributed by atoms with Crippen LogP contribution in [-0.4, -0.2) is 19.5 Å². The highest BCUT2D eigenvalue weighted by atomic mass is 32.1. The minimum Gasteiger partial charge on any atom is -0.309 e. The first kappa shape index (κ1) is 28.6. The number of nitrogens with zero attached hydrogens (tertiary/aromatic N) is 4. The molecule has 0 aliphatic rings. The summed E-state index contributed by atoms with van der Waals surface area (Å²) in [4.78, 5) is 15.3. The molecule has 3 aromatic heterocycles. The molecule has 0 N–H and O–H groups in total. The average Bonchev–Trinajstić information content (AvgIpc) is 3.74. The van der Waals surface area contributed by atoms with Crippen LogP contribution in [0.5, 0.6) is 0 Å². The molecule has 0 bridgehead atoms. The topological polar surface area (TPSA) is 43.6 Å². The third-order valence-electron chi connectivity index (χ3n) is 9.46. The van der Waals surface area contributed by atoms with E-state index in [4.69, 9.17) is 15.0 Å². The van der Waals surface area contributed by atoms with Gasteiger partial charge in [-0.25, -0.2) is 15.0 Å². The predicted octanol–water partition coefficient (Wildman–Crippen LogP) is 12.0. The fourth-order valence-electron chi connectivity index (χ4n) is 7.15. The molecular formula is C45H28N4S. The van der Waals surface area contributed by atoms with Crippen LogP contribution >= 0.6 is 11.3 Å². The minimum absolute atomic E-state index is 0.650. The summed E-state index contributed by atoms with van der Waals surface area (Å²) in [7, 11) is 0. The van der Waals surface area contributed by atoms with Gasteiger partial charge in [-0.2, -0.15) is 0 Å². The fourth-order valence-corrected chi connectivity index (χ4v) is 8.32. The van der Waals surface area contributed by atoms with Crippen LogP contribution in [0.3, 0.4) is 0 Å². The fraction of sp³-hybridized carbons (Fsp3) is 0. The summed E-state index contributed by atoms with van der Waals surface area (Å²) in [6, 6.07) is 59.6. The minimum atomic E-state index is 0.650. The van der Waals surface area contributed by atoms with E-state index in [1.807, 2.05) is 35.6 Å². The molecule has 7 aromatic carbocycles. The van der Waals surface area contributed by atoms with E-state index >= 15 is 0 Å². The summed E-state index contributed by atoms with van der Waals surface area (Å²) in [5, 5.41) is 4.88. The summed E-state index contributed by atoms with van der Waals surface area (Å²) in [5.41, 5.74) is 8.74. The molecule has 10 rings (SSSR count). The van der Waals surface area contributed by atoms with E-state index < -0.39 is 0 Å². The van der Waals surface area contributed by atoms with Gasteiger partial charge in [-0.1, -0.05) is 133 Å². The number of aromatic nitrogens is 4. The van der Waals surface area contributed by atoms with Gasteiger partial charge in [-0.15, -0.1) is 11.3 Å². The number of fused-ring (bicyclic) bond motifs is 6. The Labute approximate surface area is 292 Å². The van der Waals surface area contributed by atoms with Gasteiger partial charge in [0, 0.05) is 53.3 Å². The van der Waals surface area contributed by atoms with Gasteiger partial charge in [0.15, 0.2) is 17.5 Å². The Hall–Kier alpha value is -6.43. The van der Waals surface area contributed by atoms with Crippen LogP contribution in [0.4, 0.5) is 0 Å². The summed E-state index contributed by atoms with van der Waals surface area (Å²) in [6.07, 6.45) is 0. The van der Waals surface area contributed by atoms with E-state index in [-0.39, 0.29) is 0 Å². The van der Waals surface area contributed by atoms with Crippen molar-refractivity contribution in [2.24, 2.45) is 0 Å². The van der Waals surface area contributed by atoms with Gasteiger partial charge < -0.3 is 4.57 Å². The first-order valence-corrected chi connectivity index (χ1v) is 17.5. The third kappa shape index (κ3) is 4.71. The Morgan fingerprint density at radius 3 is 1.70 bits per heavy atom. The number of para-hydroxylation sites is 2. The van der Waals surface area contributed by atoms with Crippen molar-refractivity contribution in [3.63, 3.8) is 0 Å². The van der Waals surface area contributed by atoms with Gasteiger partial charge in [0.2, 0.25) is 0 Å². The highest BCUT2D eigenvalue weighted by molar-refractivity contribution is 7.26. The summed E-state index contributed by atoms with van der Waals surface area (Å²) >= 11 is 1.81. The Morgan fingerprint density at radius 1 is 0.380 bits per heavy atom. The molecule has 0 amide bonds. The Balaban J connectivity index is 1.16. The van der Waals surface area contributed by atoms with Gasteiger partial charge in [0.05, 0.1) is 11.0 Å². The molecule has 0 radical (unpaired) electrons. The van der Waals surface area contributed by atoms with Crippen LogP contribution in [0.2, 0.25) is 0 Å². The second-order valence-corrected chi connectivity index (χ2v) is 13.5. The molecule has 0 aliphatic heterocycles. The second-order valence-electron chi connectivity index (χ2n) is 12.5. The predicted molar refractivity (Wildman–Crippen MR) is 209 cm³/mol. The second kappa shape index (κ2) is 11.6. The van der Waals surface area contributed by atoms with Crippen LogP contribution in [0.15, 0.2) is 170 Å². The van der Waals surface area contributed by atoms with Crippen molar-refractivity contribution in [2.75, 3.05) is 0 Å². The maximum atomic E-state index is 5.18. The number of thiophene rings is 1. The molecule has 5 heteroatoms. The first-order valence-electron chi connectivity index (χ1n) is 16.7. The zero-order valence-corrected chi connectivity index (χ0v) is 27.7. The van der Waals surface area contributed by atoms with E-state index in [2.05, 4.69) is 150 Å². The quantitative estimate of drug-likeness (QED) is 0.185. The normalized spacial score (nSPS) is 11.6. The van der Waals surface area contributed by atoms with Crippen molar-refractivity contribution >= 4 is 53.3 Å². The Morgan fingerprint density at radius 2 is 0.960 bits per heavy atom. The van der Waals surface area contributed by atoms with Crippen molar-refractivity contribution in [2.45, 2.75) is 0 Å². The van der Waals surface area contributed by atoms with Gasteiger partial charge in [0.25, 0.3) is 0 Å². The van der Waals surface area contributed by atoms with Crippen LogP contribution in [0.25, 0.3) is 93.0 Å².